The summed E-state index contributed by atoms with van der Waals surface area (Å²) in [5, 5.41) is 11.7. The van der Waals surface area contributed by atoms with Crippen molar-refractivity contribution in [3.63, 3.8) is 0 Å². The van der Waals surface area contributed by atoms with E-state index in [1.54, 1.807) is 14.0 Å². The second-order valence-corrected chi connectivity index (χ2v) is 5.60. The number of benzene rings is 1. The number of carbonyl (C=O) groups excluding carboxylic acids is 1. The third kappa shape index (κ3) is 4.16. The molecule has 6 heteroatoms. The first-order chi connectivity index (χ1) is 11.4. The molecule has 0 saturated carbocycles. The molecule has 1 amide bonds. The molecule has 0 atom stereocenters. The molecule has 1 heterocycles. The molecule has 0 fully saturated rings. The smallest absolute Gasteiger partial charge is 0.311 e. The van der Waals surface area contributed by atoms with Crippen molar-refractivity contribution in [1.82, 2.24) is 5.32 Å². The predicted molar refractivity (Wildman–Crippen MR) is 88.6 cm³/mol. The van der Waals surface area contributed by atoms with Gasteiger partial charge >= 0.3 is 5.97 Å². The molecule has 0 aliphatic carbocycles. The molecule has 0 unspecified atom stereocenters. The number of carbonyl (C=O) groups is 2. The quantitative estimate of drug-likeness (QED) is 0.814. The lowest BCUT2D eigenvalue weighted by atomic mass is 10.1. The van der Waals surface area contributed by atoms with Gasteiger partial charge in [-0.15, -0.1) is 0 Å². The van der Waals surface area contributed by atoms with E-state index in [4.69, 9.17) is 14.3 Å². The van der Waals surface area contributed by atoms with E-state index >= 15 is 0 Å². The first-order valence-corrected chi connectivity index (χ1v) is 7.62. The molecule has 0 spiro atoms. The number of ether oxygens (including phenoxy) is 1. The van der Waals surface area contributed by atoms with E-state index in [0.717, 1.165) is 16.9 Å². The summed E-state index contributed by atoms with van der Waals surface area (Å²) < 4.78 is 10.5. The Labute approximate surface area is 140 Å². The summed E-state index contributed by atoms with van der Waals surface area (Å²) in [6.07, 6.45) is 1.73. The van der Waals surface area contributed by atoms with Gasteiger partial charge in [0.2, 0.25) is 0 Å². The number of nitrogens with one attached hydrogen (secondary N) is 1. The lowest BCUT2D eigenvalue weighted by Crippen LogP contribution is -2.27. The monoisotopic (exact) mass is 331 g/mol. The minimum Gasteiger partial charge on any atom is -0.496 e. The first kappa shape index (κ1) is 17.6. The molecule has 128 valence electrons. The van der Waals surface area contributed by atoms with E-state index in [9.17, 15) is 9.59 Å². The van der Waals surface area contributed by atoms with Gasteiger partial charge in [0, 0.05) is 12.1 Å². The average molecular weight is 331 g/mol. The summed E-state index contributed by atoms with van der Waals surface area (Å²) in [4.78, 5) is 23.1. The maximum absolute atomic E-state index is 12.3. The summed E-state index contributed by atoms with van der Waals surface area (Å²) in [5.74, 6) is -0.371. The number of rotatable bonds is 7. The highest BCUT2D eigenvalue weighted by Crippen LogP contribution is 2.20. The van der Waals surface area contributed by atoms with Gasteiger partial charge in [-0.25, -0.2) is 0 Å². The number of methoxy groups -OCH3 is 1. The first-order valence-electron chi connectivity index (χ1n) is 7.62. The largest absolute Gasteiger partial charge is 0.496 e. The molecule has 1 aromatic heterocycles. The number of furan rings is 1. The van der Waals surface area contributed by atoms with Gasteiger partial charge in [0.05, 0.1) is 18.9 Å². The van der Waals surface area contributed by atoms with Crippen molar-refractivity contribution < 1.29 is 23.8 Å². The van der Waals surface area contributed by atoms with Crippen LogP contribution in [0.25, 0.3) is 0 Å². The standard InChI is InChI=1S/C18H21NO5/c1-11-4-5-13(8-14(11)23-3)6-7-19-18(22)17-12(2)10-24-15(17)9-16(20)21/h4-5,8,10H,6-7,9H2,1-3H3,(H,19,22)(H,20,21). The van der Waals surface area contributed by atoms with Crippen molar-refractivity contribution >= 4 is 11.9 Å². The second kappa shape index (κ2) is 7.68. The van der Waals surface area contributed by atoms with Crippen molar-refractivity contribution in [3.8, 4) is 5.75 Å². The number of carboxylic acids is 1. The zero-order valence-corrected chi connectivity index (χ0v) is 14.0. The van der Waals surface area contributed by atoms with Gasteiger partial charge < -0.3 is 19.6 Å². The molecule has 0 aliphatic rings. The Morgan fingerprint density at radius 2 is 2.00 bits per heavy atom. The number of carboxylic acid groups (broad SMARTS) is 1. The fraction of sp³-hybridized carbons (Fsp3) is 0.333. The molecule has 24 heavy (non-hydrogen) atoms. The van der Waals surface area contributed by atoms with Crippen LogP contribution < -0.4 is 10.1 Å². The highest BCUT2D eigenvalue weighted by atomic mass is 16.5. The Hall–Kier alpha value is -2.76. The Balaban J connectivity index is 1.99. The van der Waals surface area contributed by atoms with Crippen molar-refractivity contribution in [2.45, 2.75) is 26.7 Å². The second-order valence-electron chi connectivity index (χ2n) is 5.60. The topological polar surface area (TPSA) is 88.8 Å². The molecule has 0 saturated heterocycles. The Morgan fingerprint density at radius 3 is 2.67 bits per heavy atom. The maximum Gasteiger partial charge on any atom is 0.311 e. The fourth-order valence-corrected chi connectivity index (χ4v) is 2.50. The van der Waals surface area contributed by atoms with Crippen molar-refractivity contribution in [2.75, 3.05) is 13.7 Å². The summed E-state index contributed by atoms with van der Waals surface area (Å²) in [7, 11) is 1.62. The molecule has 1 aromatic carbocycles. The number of hydrogen-bond acceptors (Lipinski definition) is 4. The number of aryl methyl sites for hydroxylation is 2. The van der Waals surface area contributed by atoms with Gasteiger partial charge in [-0.05, 0) is 37.5 Å². The van der Waals surface area contributed by atoms with Crippen LogP contribution in [0.2, 0.25) is 0 Å². The summed E-state index contributed by atoms with van der Waals surface area (Å²) in [5.41, 5.74) is 3.03. The van der Waals surface area contributed by atoms with Crippen molar-refractivity contribution in [1.29, 1.82) is 0 Å². The lowest BCUT2D eigenvalue weighted by molar-refractivity contribution is -0.136. The Morgan fingerprint density at radius 1 is 1.25 bits per heavy atom. The fourth-order valence-electron chi connectivity index (χ4n) is 2.50. The Bertz CT molecular complexity index is 748. The normalized spacial score (nSPS) is 10.5. The summed E-state index contributed by atoms with van der Waals surface area (Å²) in [6.45, 7) is 4.12. The summed E-state index contributed by atoms with van der Waals surface area (Å²) >= 11 is 0. The van der Waals surface area contributed by atoms with Crippen LogP contribution in [0.4, 0.5) is 0 Å². The van der Waals surface area contributed by atoms with Crippen LogP contribution in [-0.4, -0.2) is 30.6 Å². The molecule has 2 aromatic rings. The van der Waals surface area contributed by atoms with Crippen molar-refractivity contribution in [3.05, 3.63) is 52.5 Å². The van der Waals surface area contributed by atoms with Crippen LogP contribution >= 0.6 is 0 Å². The average Bonchev–Trinajstić information content (AvgIpc) is 2.88. The SMILES string of the molecule is COc1cc(CCNC(=O)c2c(C)coc2CC(=O)O)ccc1C. The van der Waals surface area contributed by atoms with Crippen LogP contribution in [0.15, 0.2) is 28.9 Å². The van der Waals surface area contributed by atoms with E-state index in [2.05, 4.69) is 5.32 Å². The highest BCUT2D eigenvalue weighted by molar-refractivity contribution is 5.97. The predicted octanol–water partition coefficient (Wildman–Crippen LogP) is 2.50. The molecule has 0 radical (unpaired) electrons. The molecule has 2 rings (SSSR count). The highest BCUT2D eigenvalue weighted by Gasteiger charge is 2.20. The zero-order valence-electron chi connectivity index (χ0n) is 14.0. The van der Waals surface area contributed by atoms with Gasteiger partial charge in [-0.2, -0.15) is 0 Å². The zero-order chi connectivity index (χ0) is 17.7. The molecular weight excluding hydrogens is 310 g/mol. The van der Waals surface area contributed by atoms with Crippen LogP contribution in [0, 0.1) is 13.8 Å². The van der Waals surface area contributed by atoms with Gasteiger partial charge in [0.25, 0.3) is 5.91 Å². The van der Waals surface area contributed by atoms with E-state index in [-0.39, 0.29) is 18.1 Å². The third-order valence-electron chi connectivity index (χ3n) is 3.76. The third-order valence-corrected chi connectivity index (χ3v) is 3.76. The molecule has 0 aliphatic heterocycles. The lowest BCUT2D eigenvalue weighted by Gasteiger charge is -2.09. The van der Waals surface area contributed by atoms with Gasteiger partial charge in [-0.1, -0.05) is 12.1 Å². The van der Waals surface area contributed by atoms with Crippen LogP contribution in [0.3, 0.4) is 0 Å². The van der Waals surface area contributed by atoms with E-state index in [1.165, 1.54) is 6.26 Å². The molecular formula is C18H21NO5. The molecule has 2 N–H and O–H groups in total. The molecule has 6 nitrogen and oxygen atoms in total. The van der Waals surface area contributed by atoms with E-state index in [0.29, 0.717) is 24.1 Å². The molecule has 0 bridgehead atoms. The Kier molecular flexibility index (Phi) is 5.63. The minimum atomic E-state index is -1.04. The minimum absolute atomic E-state index is 0.175. The van der Waals surface area contributed by atoms with Crippen LogP contribution in [0.1, 0.15) is 32.8 Å². The van der Waals surface area contributed by atoms with E-state index in [1.807, 2.05) is 25.1 Å². The maximum atomic E-state index is 12.3. The van der Waals surface area contributed by atoms with Crippen LogP contribution in [-0.2, 0) is 17.6 Å². The van der Waals surface area contributed by atoms with Crippen LogP contribution in [0.5, 0.6) is 5.75 Å². The van der Waals surface area contributed by atoms with E-state index < -0.39 is 5.97 Å². The van der Waals surface area contributed by atoms with Gasteiger partial charge in [0.1, 0.15) is 17.9 Å². The number of aliphatic carboxylic acids is 1. The van der Waals surface area contributed by atoms with Gasteiger partial charge in [-0.3, -0.25) is 9.59 Å². The van der Waals surface area contributed by atoms with Crippen molar-refractivity contribution in [2.24, 2.45) is 0 Å². The number of amides is 1. The number of hydrogen-bond donors (Lipinski definition) is 2. The summed E-state index contributed by atoms with van der Waals surface area (Å²) in [6, 6.07) is 5.91. The van der Waals surface area contributed by atoms with Gasteiger partial charge in [0.15, 0.2) is 0 Å².